The number of nitrogens with zero attached hydrogens (tertiary/aromatic N) is 2. The van der Waals surface area contributed by atoms with Crippen molar-refractivity contribution in [2.45, 2.75) is 49.7 Å². The molecular weight excluding hydrogens is 542 g/mol. The highest BCUT2D eigenvalue weighted by molar-refractivity contribution is 5.94. The highest BCUT2D eigenvalue weighted by Gasteiger charge is 2.71. The van der Waals surface area contributed by atoms with Crippen molar-refractivity contribution in [1.29, 1.82) is 0 Å². The lowest BCUT2D eigenvalue weighted by atomic mass is 9.89. The molecule has 0 saturated carbocycles. The average molecular weight is 569 g/mol. The topological polar surface area (TPSA) is 71.9 Å². The fourth-order valence-corrected chi connectivity index (χ4v) is 4.60. The van der Waals surface area contributed by atoms with Crippen LogP contribution in [0.3, 0.4) is 0 Å². The molecule has 1 aromatic heterocycles. The molecule has 1 N–H and O–H groups in total. The minimum absolute atomic E-state index is 0.00175. The van der Waals surface area contributed by atoms with Crippen LogP contribution < -0.4 is 14.4 Å². The molecule has 1 amide bonds. The summed E-state index contributed by atoms with van der Waals surface area (Å²) in [6.07, 6.45) is -9.02. The zero-order valence-electron chi connectivity index (χ0n) is 21.3. The summed E-state index contributed by atoms with van der Waals surface area (Å²) in [7, 11) is 1.48. The van der Waals surface area contributed by atoms with Gasteiger partial charge in [0.15, 0.2) is 0 Å². The van der Waals surface area contributed by atoms with Crippen molar-refractivity contribution in [3.05, 3.63) is 83.7 Å². The summed E-state index contributed by atoms with van der Waals surface area (Å²) in [5.74, 6) is 0.533. The number of halogens is 6. The minimum Gasteiger partial charge on any atom is -0.497 e. The van der Waals surface area contributed by atoms with Crippen LogP contribution in [0.1, 0.15) is 29.5 Å². The van der Waals surface area contributed by atoms with E-state index in [9.17, 15) is 36.2 Å². The number of alkyl halides is 6. The van der Waals surface area contributed by atoms with Gasteiger partial charge in [-0.05, 0) is 54.7 Å². The van der Waals surface area contributed by atoms with Crippen LogP contribution in [0.15, 0.2) is 67.0 Å². The maximum atomic E-state index is 13.6. The molecule has 2 heterocycles. The van der Waals surface area contributed by atoms with E-state index in [0.29, 0.717) is 30.1 Å². The van der Waals surface area contributed by atoms with Crippen molar-refractivity contribution < 1.29 is 45.7 Å². The SMILES string of the molecule is COc1cccc(O[C@H]2CCc3cc(C(O)(C(F)(F)F)C(F)(F)F)ccc3N(C(=O)CCc3cccnc3)C2)c1. The Labute approximate surface area is 226 Å². The summed E-state index contributed by atoms with van der Waals surface area (Å²) < 4.78 is 92.6. The number of aryl methyl sites for hydroxylation is 2. The molecule has 0 aliphatic carbocycles. The van der Waals surface area contributed by atoms with Crippen molar-refractivity contribution >= 4 is 11.6 Å². The van der Waals surface area contributed by atoms with E-state index < -0.39 is 35.5 Å². The zero-order chi connectivity index (χ0) is 29.1. The van der Waals surface area contributed by atoms with Gasteiger partial charge in [-0.15, -0.1) is 0 Å². The average Bonchev–Trinajstić information content (AvgIpc) is 3.10. The quantitative estimate of drug-likeness (QED) is 0.367. The lowest BCUT2D eigenvalue weighted by molar-refractivity contribution is -0.376. The van der Waals surface area contributed by atoms with Crippen molar-refractivity contribution in [2.24, 2.45) is 0 Å². The highest BCUT2D eigenvalue weighted by atomic mass is 19.4. The summed E-state index contributed by atoms with van der Waals surface area (Å²) >= 11 is 0. The molecule has 2 aromatic carbocycles. The Balaban J connectivity index is 1.69. The monoisotopic (exact) mass is 568 g/mol. The number of pyridine rings is 1. The van der Waals surface area contributed by atoms with E-state index in [1.54, 1.807) is 48.8 Å². The van der Waals surface area contributed by atoms with Gasteiger partial charge in [0.25, 0.3) is 5.60 Å². The van der Waals surface area contributed by atoms with E-state index in [0.717, 1.165) is 11.6 Å². The lowest BCUT2D eigenvalue weighted by Crippen LogP contribution is -2.54. The molecule has 3 aromatic rings. The smallest absolute Gasteiger partial charge is 0.430 e. The van der Waals surface area contributed by atoms with Gasteiger partial charge in [-0.1, -0.05) is 24.3 Å². The van der Waals surface area contributed by atoms with Gasteiger partial charge in [-0.25, -0.2) is 0 Å². The van der Waals surface area contributed by atoms with E-state index in [1.165, 1.54) is 12.0 Å². The van der Waals surface area contributed by atoms with Gasteiger partial charge >= 0.3 is 12.4 Å². The molecular formula is C28H26F6N2O4. The van der Waals surface area contributed by atoms with Gasteiger partial charge < -0.3 is 19.5 Å². The molecule has 4 rings (SSSR count). The minimum atomic E-state index is -6.03. The second-order valence-corrected chi connectivity index (χ2v) is 9.37. The number of rotatable bonds is 7. The zero-order valence-corrected chi connectivity index (χ0v) is 21.3. The van der Waals surface area contributed by atoms with Crippen LogP contribution in [0.25, 0.3) is 0 Å². The first-order valence-electron chi connectivity index (χ1n) is 12.3. The molecule has 214 valence electrons. The van der Waals surface area contributed by atoms with Crippen LogP contribution >= 0.6 is 0 Å². The first-order valence-corrected chi connectivity index (χ1v) is 12.3. The van der Waals surface area contributed by atoms with Crippen molar-refractivity contribution in [3.8, 4) is 11.5 Å². The van der Waals surface area contributed by atoms with E-state index in [2.05, 4.69) is 4.98 Å². The number of aromatic nitrogens is 1. The molecule has 40 heavy (non-hydrogen) atoms. The Morgan fingerprint density at radius 1 is 1.02 bits per heavy atom. The Bertz CT molecular complexity index is 1320. The van der Waals surface area contributed by atoms with Crippen molar-refractivity contribution in [3.63, 3.8) is 0 Å². The molecule has 12 heteroatoms. The van der Waals surface area contributed by atoms with Crippen LogP contribution in [0.2, 0.25) is 0 Å². The second-order valence-electron chi connectivity index (χ2n) is 9.37. The molecule has 1 atom stereocenters. The van der Waals surface area contributed by atoms with E-state index in [1.807, 2.05) is 0 Å². The molecule has 0 unspecified atom stereocenters. The number of hydrogen-bond acceptors (Lipinski definition) is 5. The largest absolute Gasteiger partial charge is 0.497 e. The number of hydrogen-bond donors (Lipinski definition) is 1. The van der Waals surface area contributed by atoms with Crippen LogP contribution in [0.5, 0.6) is 11.5 Å². The Morgan fingerprint density at radius 2 is 1.75 bits per heavy atom. The predicted molar refractivity (Wildman–Crippen MR) is 133 cm³/mol. The first-order chi connectivity index (χ1) is 18.8. The summed E-state index contributed by atoms with van der Waals surface area (Å²) in [4.78, 5) is 18.7. The molecule has 6 nitrogen and oxygen atoms in total. The van der Waals surface area contributed by atoms with Crippen molar-refractivity contribution in [2.75, 3.05) is 18.6 Å². The number of aliphatic hydroxyl groups is 1. The number of carbonyl (C=O) groups is 1. The van der Waals surface area contributed by atoms with Gasteiger partial charge in [0.05, 0.1) is 13.7 Å². The third-order valence-corrected chi connectivity index (χ3v) is 6.73. The maximum Gasteiger partial charge on any atom is 0.430 e. The van der Waals surface area contributed by atoms with Crippen LogP contribution in [-0.4, -0.2) is 48.1 Å². The van der Waals surface area contributed by atoms with Crippen molar-refractivity contribution in [1.82, 2.24) is 4.98 Å². The number of benzene rings is 2. The van der Waals surface area contributed by atoms with Crippen LogP contribution in [-0.2, 0) is 23.2 Å². The fraction of sp³-hybridized carbons (Fsp3) is 0.357. The lowest BCUT2D eigenvalue weighted by Gasteiger charge is -2.33. The van der Waals surface area contributed by atoms with Gasteiger partial charge in [-0.2, -0.15) is 26.3 Å². The number of fused-ring (bicyclic) bond motifs is 1. The molecule has 1 aliphatic heterocycles. The summed E-state index contributed by atoms with van der Waals surface area (Å²) in [5, 5.41) is 9.94. The van der Waals surface area contributed by atoms with Gasteiger partial charge in [0.1, 0.15) is 17.6 Å². The summed E-state index contributed by atoms with van der Waals surface area (Å²) in [6, 6.07) is 12.4. The number of anilines is 1. The van der Waals surface area contributed by atoms with E-state index in [4.69, 9.17) is 9.47 Å². The Kier molecular flexibility index (Phi) is 8.29. The summed E-state index contributed by atoms with van der Waals surface area (Å²) in [6.45, 7) is -0.00175. The van der Waals surface area contributed by atoms with E-state index >= 15 is 0 Å². The third-order valence-electron chi connectivity index (χ3n) is 6.73. The van der Waals surface area contributed by atoms with Crippen LogP contribution in [0, 0.1) is 0 Å². The van der Waals surface area contributed by atoms with Gasteiger partial charge in [0.2, 0.25) is 5.91 Å². The number of amides is 1. The number of carbonyl (C=O) groups excluding carboxylic acids is 1. The molecule has 0 saturated heterocycles. The standard InChI is InChI=1S/C28H26F6N2O4/c1-39-21-5-2-6-22(15-21)40-23-10-8-19-14-20(26(38,27(29,30)31)28(32,33)34)9-11-24(19)36(17-23)25(37)12-7-18-4-3-13-35-16-18/h2-6,9,11,13-16,23,38H,7-8,10,12,17H2,1H3/t23-/m0/s1. The molecule has 1 aliphatic rings. The first kappa shape index (κ1) is 29.2. The number of ether oxygens (including phenoxy) is 2. The summed E-state index contributed by atoms with van der Waals surface area (Å²) in [5.41, 5.74) is -5.46. The Hall–Kier alpha value is -3.80. The molecule has 0 radical (unpaired) electrons. The third kappa shape index (κ3) is 6.01. The van der Waals surface area contributed by atoms with Gasteiger partial charge in [-0.3, -0.25) is 9.78 Å². The highest BCUT2D eigenvalue weighted by Crippen LogP contribution is 2.50. The molecule has 0 bridgehead atoms. The number of methoxy groups -OCH3 is 1. The molecule has 0 fully saturated rings. The maximum absolute atomic E-state index is 13.6. The Morgan fingerprint density at radius 3 is 2.40 bits per heavy atom. The van der Waals surface area contributed by atoms with E-state index in [-0.39, 0.29) is 37.1 Å². The predicted octanol–water partition coefficient (Wildman–Crippen LogP) is 5.76. The second kappa shape index (κ2) is 11.4. The fourth-order valence-electron chi connectivity index (χ4n) is 4.60. The normalized spacial score (nSPS) is 16.2. The molecule has 0 spiro atoms. The van der Waals surface area contributed by atoms with Gasteiger partial charge in [0, 0.05) is 36.1 Å². The van der Waals surface area contributed by atoms with Crippen LogP contribution in [0.4, 0.5) is 32.0 Å².